The van der Waals surface area contributed by atoms with Crippen LogP contribution in [0, 0.1) is 0 Å². The molecule has 0 aliphatic heterocycles. The van der Waals surface area contributed by atoms with Gasteiger partial charge in [0.25, 0.3) is 5.56 Å². The van der Waals surface area contributed by atoms with Crippen LogP contribution in [0.25, 0.3) is 22.4 Å². The minimum atomic E-state index is -0.192. The maximum atomic E-state index is 12.5. The summed E-state index contributed by atoms with van der Waals surface area (Å²) in [6.07, 6.45) is 1.83. The van der Waals surface area contributed by atoms with Crippen LogP contribution in [0.5, 0.6) is 0 Å². The molecule has 4 rings (SSSR count). The molecule has 0 amide bonds. The van der Waals surface area contributed by atoms with E-state index in [1.54, 1.807) is 18.2 Å². The Balaban J connectivity index is 1.84. The van der Waals surface area contributed by atoms with Gasteiger partial charge in [-0.25, -0.2) is 0 Å². The molecule has 0 saturated carbocycles. The Bertz CT molecular complexity index is 1150. The van der Waals surface area contributed by atoms with Crippen LogP contribution < -0.4 is 10.1 Å². The highest BCUT2D eigenvalue weighted by molar-refractivity contribution is 7.15. The van der Waals surface area contributed by atoms with Gasteiger partial charge >= 0.3 is 0 Å². The molecule has 0 radical (unpaired) electrons. The van der Waals surface area contributed by atoms with E-state index in [1.807, 2.05) is 36.4 Å². The first-order valence-electron chi connectivity index (χ1n) is 7.03. The zero-order valence-electron chi connectivity index (χ0n) is 12.1. The summed E-state index contributed by atoms with van der Waals surface area (Å²) in [5, 5.41) is 5.28. The Morgan fingerprint density at radius 1 is 1.08 bits per heavy atom. The van der Waals surface area contributed by atoms with Crippen molar-refractivity contribution >= 4 is 45.6 Å². The third-order valence-corrected chi connectivity index (χ3v) is 4.96. The number of aromatic nitrogens is 3. The number of nitrogens with zero attached hydrogens (tertiary/aromatic N) is 3. The quantitative estimate of drug-likeness (QED) is 0.538. The normalized spacial score (nSPS) is 12.2. The van der Waals surface area contributed by atoms with E-state index in [4.69, 9.17) is 23.2 Å². The molecule has 2 heterocycles. The van der Waals surface area contributed by atoms with Crippen LogP contribution in [0.4, 0.5) is 0 Å². The minimum absolute atomic E-state index is 0.192. The van der Waals surface area contributed by atoms with Gasteiger partial charge in [0.2, 0.25) is 4.96 Å². The van der Waals surface area contributed by atoms with Gasteiger partial charge in [-0.1, -0.05) is 64.9 Å². The first-order valence-corrected chi connectivity index (χ1v) is 8.61. The lowest BCUT2D eigenvalue weighted by Crippen LogP contribution is -2.23. The molecule has 24 heavy (non-hydrogen) atoms. The summed E-state index contributed by atoms with van der Waals surface area (Å²) in [5.74, 6) is 0.409. The van der Waals surface area contributed by atoms with Crippen LogP contribution in [0.15, 0.2) is 53.3 Å². The van der Waals surface area contributed by atoms with Crippen molar-refractivity contribution in [3.05, 3.63) is 79.0 Å². The molecule has 0 spiro atoms. The summed E-state index contributed by atoms with van der Waals surface area (Å²) >= 11 is 13.4. The summed E-state index contributed by atoms with van der Waals surface area (Å²) in [6.45, 7) is 0. The second-order valence-corrected chi connectivity index (χ2v) is 6.93. The first kappa shape index (κ1) is 15.3. The van der Waals surface area contributed by atoms with Crippen molar-refractivity contribution in [1.82, 2.24) is 14.6 Å². The molecule has 0 fully saturated rings. The van der Waals surface area contributed by atoms with Crippen molar-refractivity contribution in [1.29, 1.82) is 0 Å². The van der Waals surface area contributed by atoms with Gasteiger partial charge in [-0.05, 0) is 29.8 Å². The standard InChI is InChI=1S/C17H9Cl2N3OS/c18-11-6-7-12(13(19)9-11)15-20-17-22(21-15)16(23)14(24-17)8-10-4-2-1-3-5-10/h1-9H/b14-8-. The van der Waals surface area contributed by atoms with Gasteiger partial charge in [-0.3, -0.25) is 4.79 Å². The molecule has 2 aromatic heterocycles. The van der Waals surface area contributed by atoms with E-state index in [2.05, 4.69) is 10.1 Å². The van der Waals surface area contributed by atoms with Crippen LogP contribution in [0.2, 0.25) is 10.0 Å². The number of benzene rings is 2. The molecule has 4 aromatic rings. The second-order valence-electron chi connectivity index (χ2n) is 5.08. The van der Waals surface area contributed by atoms with Crippen molar-refractivity contribution < 1.29 is 0 Å². The van der Waals surface area contributed by atoms with E-state index < -0.39 is 0 Å². The lowest BCUT2D eigenvalue weighted by molar-refractivity contribution is 0.937. The Hall–Kier alpha value is -2.21. The first-order chi connectivity index (χ1) is 11.6. The highest BCUT2D eigenvalue weighted by Gasteiger charge is 2.14. The highest BCUT2D eigenvalue weighted by Crippen LogP contribution is 2.28. The maximum Gasteiger partial charge on any atom is 0.291 e. The third kappa shape index (κ3) is 2.71. The Kier molecular flexibility index (Phi) is 3.84. The van der Waals surface area contributed by atoms with Crippen LogP contribution >= 0.6 is 34.5 Å². The van der Waals surface area contributed by atoms with Gasteiger partial charge in [0.15, 0.2) is 5.82 Å². The van der Waals surface area contributed by atoms with Gasteiger partial charge in [0, 0.05) is 10.6 Å². The summed E-state index contributed by atoms with van der Waals surface area (Å²) in [7, 11) is 0. The number of thiazole rings is 1. The monoisotopic (exact) mass is 373 g/mol. The largest absolute Gasteiger partial charge is 0.291 e. The number of fused-ring (bicyclic) bond motifs is 1. The van der Waals surface area contributed by atoms with E-state index in [0.29, 0.717) is 30.9 Å². The average molecular weight is 374 g/mol. The molecular formula is C17H9Cl2N3OS. The van der Waals surface area contributed by atoms with Gasteiger partial charge in [0.05, 0.1) is 9.55 Å². The lowest BCUT2D eigenvalue weighted by Gasteiger charge is -1.98. The molecule has 4 nitrogen and oxygen atoms in total. The summed E-state index contributed by atoms with van der Waals surface area (Å²) < 4.78 is 1.89. The Labute approximate surface area is 150 Å². The zero-order valence-corrected chi connectivity index (χ0v) is 14.4. The predicted molar refractivity (Wildman–Crippen MR) is 97.8 cm³/mol. The van der Waals surface area contributed by atoms with Crippen LogP contribution in [0.3, 0.4) is 0 Å². The number of halogens is 2. The van der Waals surface area contributed by atoms with Gasteiger partial charge in [0.1, 0.15) is 0 Å². The SMILES string of the molecule is O=c1/c(=C/c2ccccc2)sc2nc(-c3ccc(Cl)cc3Cl)nn12. The van der Waals surface area contributed by atoms with Crippen LogP contribution in [0.1, 0.15) is 5.56 Å². The van der Waals surface area contributed by atoms with Gasteiger partial charge in [-0.2, -0.15) is 9.50 Å². The van der Waals surface area contributed by atoms with Crippen molar-refractivity contribution in [2.24, 2.45) is 0 Å². The smallest absolute Gasteiger partial charge is 0.266 e. The van der Waals surface area contributed by atoms with E-state index in [1.165, 1.54) is 15.9 Å². The molecule has 0 unspecified atom stereocenters. The molecule has 0 aliphatic rings. The molecule has 118 valence electrons. The second kappa shape index (κ2) is 6.02. The summed E-state index contributed by atoms with van der Waals surface area (Å²) in [4.78, 5) is 17.5. The lowest BCUT2D eigenvalue weighted by atomic mass is 10.2. The Morgan fingerprint density at radius 2 is 1.88 bits per heavy atom. The topological polar surface area (TPSA) is 47.3 Å². The molecule has 0 atom stereocenters. The van der Waals surface area contributed by atoms with Crippen molar-refractivity contribution in [2.75, 3.05) is 0 Å². The Morgan fingerprint density at radius 3 is 2.58 bits per heavy atom. The molecule has 0 aliphatic carbocycles. The number of rotatable bonds is 2. The fourth-order valence-electron chi connectivity index (χ4n) is 2.32. The van der Waals surface area contributed by atoms with E-state index >= 15 is 0 Å². The average Bonchev–Trinajstić information content (AvgIpc) is 3.09. The molecule has 2 aromatic carbocycles. The van der Waals surface area contributed by atoms with E-state index in [-0.39, 0.29) is 5.56 Å². The highest BCUT2D eigenvalue weighted by atomic mass is 35.5. The van der Waals surface area contributed by atoms with Gasteiger partial charge in [-0.15, -0.1) is 5.10 Å². The van der Waals surface area contributed by atoms with Crippen molar-refractivity contribution in [3.63, 3.8) is 0 Å². The number of hydrogen-bond donors (Lipinski definition) is 0. The predicted octanol–water partition coefficient (Wildman–Crippen LogP) is 3.67. The molecule has 0 bridgehead atoms. The third-order valence-electron chi connectivity index (χ3n) is 3.45. The molecule has 0 N–H and O–H groups in total. The molecule has 7 heteroatoms. The van der Waals surface area contributed by atoms with E-state index in [9.17, 15) is 4.79 Å². The van der Waals surface area contributed by atoms with Crippen molar-refractivity contribution in [3.8, 4) is 11.4 Å². The zero-order chi connectivity index (χ0) is 16.7. The fourth-order valence-corrected chi connectivity index (χ4v) is 3.72. The fraction of sp³-hybridized carbons (Fsp3) is 0. The molecule has 0 saturated heterocycles. The van der Waals surface area contributed by atoms with Gasteiger partial charge < -0.3 is 0 Å². The summed E-state index contributed by atoms with van der Waals surface area (Å²) in [6, 6.07) is 14.7. The van der Waals surface area contributed by atoms with Crippen LogP contribution in [-0.4, -0.2) is 14.6 Å². The van der Waals surface area contributed by atoms with Crippen molar-refractivity contribution in [2.45, 2.75) is 0 Å². The maximum absolute atomic E-state index is 12.5. The summed E-state index contributed by atoms with van der Waals surface area (Å²) in [5.41, 5.74) is 1.41. The van der Waals surface area contributed by atoms with Crippen LogP contribution in [-0.2, 0) is 0 Å². The minimum Gasteiger partial charge on any atom is -0.266 e. The molecular weight excluding hydrogens is 365 g/mol. The van der Waals surface area contributed by atoms with E-state index in [0.717, 1.165) is 5.56 Å². The number of hydrogen-bond acceptors (Lipinski definition) is 4.